The van der Waals surface area contributed by atoms with Crippen LogP contribution in [0, 0.1) is 11.8 Å². The minimum absolute atomic E-state index is 0.130. The first-order chi connectivity index (χ1) is 14.0. The molecule has 0 aliphatic heterocycles. The van der Waals surface area contributed by atoms with E-state index in [0.717, 1.165) is 24.2 Å². The van der Waals surface area contributed by atoms with Gasteiger partial charge in [-0.3, -0.25) is 14.8 Å². The molecule has 0 unspecified atom stereocenters. The van der Waals surface area contributed by atoms with Crippen molar-refractivity contribution in [2.24, 2.45) is 5.73 Å². The average Bonchev–Trinajstić information content (AvgIpc) is 2.76. The zero-order valence-electron chi connectivity index (χ0n) is 16.6. The smallest absolute Gasteiger partial charge is 0.267 e. The summed E-state index contributed by atoms with van der Waals surface area (Å²) in [6, 6.07) is 13.8. The van der Waals surface area contributed by atoms with Gasteiger partial charge in [0.2, 0.25) is 0 Å². The highest BCUT2D eigenvalue weighted by Crippen LogP contribution is 2.07. The van der Waals surface area contributed by atoms with Crippen molar-refractivity contribution in [3.63, 3.8) is 0 Å². The molecule has 152 valence electrons. The van der Waals surface area contributed by atoms with Gasteiger partial charge in [-0.25, -0.2) is 5.48 Å². The number of benzene rings is 2. The van der Waals surface area contributed by atoms with Gasteiger partial charge in [0.1, 0.15) is 6.04 Å². The minimum Gasteiger partial charge on any atom is -0.339 e. The van der Waals surface area contributed by atoms with Gasteiger partial charge in [-0.2, -0.15) is 0 Å². The van der Waals surface area contributed by atoms with E-state index in [1.165, 1.54) is 11.0 Å². The van der Waals surface area contributed by atoms with Gasteiger partial charge in [0.25, 0.3) is 11.8 Å². The Morgan fingerprint density at radius 2 is 1.62 bits per heavy atom. The number of nitrogens with two attached hydrogens (primary N) is 1. The first-order valence-electron chi connectivity index (χ1n) is 9.31. The van der Waals surface area contributed by atoms with E-state index < -0.39 is 17.9 Å². The van der Waals surface area contributed by atoms with Crippen LogP contribution in [0.3, 0.4) is 0 Å². The van der Waals surface area contributed by atoms with E-state index in [4.69, 9.17) is 10.9 Å². The zero-order chi connectivity index (χ0) is 21.2. The highest BCUT2D eigenvalue weighted by Gasteiger charge is 2.19. The Labute approximate surface area is 170 Å². The molecule has 0 spiro atoms. The molecule has 0 fully saturated rings. The highest BCUT2D eigenvalue weighted by atomic mass is 16.5. The van der Waals surface area contributed by atoms with Crippen molar-refractivity contribution < 1.29 is 14.8 Å². The van der Waals surface area contributed by atoms with Gasteiger partial charge in [-0.05, 0) is 55.6 Å². The summed E-state index contributed by atoms with van der Waals surface area (Å²) in [5.74, 6) is 4.95. The van der Waals surface area contributed by atoms with Crippen molar-refractivity contribution in [3.8, 4) is 11.8 Å². The van der Waals surface area contributed by atoms with E-state index in [2.05, 4.69) is 48.2 Å². The quantitative estimate of drug-likeness (QED) is 0.320. The third-order valence-corrected chi connectivity index (χ3v) is 4.41. The Morgan fingerprint density at radius 3 is 2.10 bits per heavy atom. The molecule has 5 N–H and O–H groups in total. The van der Waals surface area contributed by atoms with Crippen LogP contribution < -0.4 is 16.5 Å². The molecule has 29 heavy (non-hydrogen) atoms. The molecule has 2 aromatic rings. The molecular formula is C22H26N4O3. The summed E-state index contributed by atoms with van der Waals surface area (Å²) in [4.78, 5) is 25.8. The second-order valence-electron chi connectivity index (χ2n) is 6.59. The van der Waals surface area contributed by atoms with E-state index in [0.29, 0.717) is 5.56 Å². The lowest BCUT2D eigenvalue weighted by Gasteiger charge is -2.14. The van der Waals surface area contributed by atoms with Crippen molar-refractivity contribution in [2.75, 3.05) is 20.1 Å². The summed E-state index contributed by atoms with van der Waals surface area (Å²) in [6.07, 6.45) is 0. The summed E-state index contributed by atoms with van der Waals surface area (Å²) < 4.78 is 0. The number of hydroxylamine groups is 1. The summed E-state index contributed by atoms with van der Waals surface area (Å²) in [7, 11) is 2.08. The largest absolute Gasteiger partial charge is 0.339 e. The standard InChI is InChI=1S/C22H26N4O3/c1-3-26(2)15-18-8-6-16(7-9-18)4-5-17-10-12-19(13-11-17)21(27)24-20(14-23)22(28)25-29/h6-13,20,29H,3,14-15,23H2,1-2H3,(H,24,27)(H,25,28)/t20-/m0/s1. The number of hydrogen-bond donors (Lipinski definition) is 4. The fourth-order valence-corrected chi connectivity index (χ4v) is 2.52. The molecule has 0 bridgehead atoms. The monoisotopic (exact) mass is 394 g/mol. The fraction of sp³-hybridized carbons (Fsp3) is 0.273. The third-order valence-electron chi connectivity index (χ3n) is 4.41. The van der Waals surface area contributed by atoms with Crippen LogP contribution in [-0.2, 0) is 11.3 Å². The van der Waals surface area contributed by atoms with Gasteiger partial charge >= 0.3 is 0 Å². The predicted octanol–water partition coefficient (Wildman–Crippen LogP) is 1.10. The number of nitrogens with one attached hydrogen (secondary N) is 2. The van der Waals surface area contributed by atoms with Crippen LogP contribution >= 0.6 is 0 Å². The number of carbonyl (C=O) groups is 2. The van der Waals surface area contributed by atoms with Gasteiger partial charge in [0, 0.05) is 29.8 Å². The van der Waals surface area contributed by atoms with Crippen molar-refractivity contribution in [2.45, 2.75) is 19.5 Å². The maximum Gasteiger partial charge on any atom is 0.267 e. The third kappa shape index (κ3) is 6.73. The molecule has 0 radical (unpaired) electrons. The molecule has 0 aliphatic carbocycles. The maximum atomic E-state index is 12.2. The van der Waals surface area contributed by atoms with Crippen LogP contribution in [0.25, 0.3) is 0 Å². The van der Waals surface area contributed by atoms with E-state index in [1.54, 1.807) is 24.3 Å². The summed E-state index contributed by atoms with van der Waals surface area (Å²) in [5.41, 5.74) is 10.2. The van der Waals surface area contributed by atoms with Gasteiger partial charge in [0.05, 0.1) is 0 Å². The molecule has 2 aromatic carbocycles. The Bertz CT molecular complexity index is 883. The van der Waals surface area contributed by atoms with Crippen LogP contribution in [0.2, 0.25) is 0 Å². The lowest BCUT2D eigenvalue weighted by molar-refractivity contribution is -0.130. The SMILES string of the molecule is CCN(C)Cc1ccc(C#Cc2ccc(C(=O)N[C@@H](CN)C(=O)NO)cc2)cc1. The Balaban J connectivity index is 2.01. The minimum atomic E-state index is -1.01. The molecule has 0 saturated carbocycles. The van der Waals surface area contributed by atoms with Crippen molar-refractivity contribution >= 4 is 11.8 Å². The van der Waals surface area contributed by atoms with Crippen molar-refractivity contribution in [1.29, 1.82) is 0 Å². The van der Waals surface area contributed by atoms with Gasteiger partial charge < -0.3 is 16.0 Å². The Hall–Kier alpha value is -3.18. The average molecular weight is 394 g/mol. The highest BCUT2D eigenvalue weighted by molar-refractivity contribution is 5.97. The molecule has 1 atom stereocenters. The van der Waals surface area contributed by atoms with E-state index in [1.807, 2.05) is 12.1 Å². The molecule has 0 aromatic heterocycles. The number of hydrogen-bond acceptors (Lipinski definition) is 5. The van der Waals surface area contributed by atoms with Crippen LogP contribution in [0.1, 0.15) is 34.0 Å². The van der Waals surface area contributed by atoms with Crippen LogP contribution in [0.4, 0.5) is 0 Å². The van der Waals surface area contributed by atoms with Crippen LogP contribution in [0.5, 0.6) is 0 Å². The number of nitrogens with zero attached hydrogens (tertiary/aromatic N) is 1. The van der Waals surface area contributed by atoms with E-state index in [9.17, 15) is 9.59 Å². The van der Waals surface area contributed by atoms with E-state index >= 15 is 0 Å². The number of rotatable bonds is 7. The maximum absolute atomic E-state index is 12.2. The lowest BCUT2D eigenvalue weighted by atomic mass is 10.1. The van der Waals surface area contributed by atoms with Crippen molar-refractivity contribution in [3.05, 3.63) is 70.8 Å². The second-order valence-corrected chi connectivity index (χ2v) is 6.59. The summed E-state index contributed by atoms with van der Waals surface area (Å²) in [5, 5.41) is 11.1. The summed E-state index contributed by atoms with van der Waals surface area (Å²) >= 11 is 0. The lowest BCUT2D eigenvalue weighted by Crippen LogP contribution is -2.50. The molecule has 7 nitrogen and oxygen atoms in total. The van der Waals surface area contributed by atoms with Crippen LogP contribution in [-0.4, -0.2) is 48.1 Å². The second kappa shape index (κ2) is 11.0. The molecular weight excluding hydrogens is 368 g/mol. The number of carbonyl (C=O) groups excluding carboxylic acids is 2. The van der Waals surface area contributed by atoms with Crippen molar-refractivity contribution in [1.82, 2.24) is 15.7 Å². The van der Waals surface area contributed by atoms with Crippen LogP contribution in [0.15, 0.2) is 48.5 Å². The Morgan fingerprint density at radius 1 is 1.07 bits per heavy atom. The van der Waals surface area contributed by atoms with E-state index in [-0.39, 0.29) is 6.54 Å². The molecule has 7 heteroatoms. The van der Waals surface area contributed by atoms with Gasteiger partial charge in [-0.15, -0.1) is 0 Å². The fourth-order valence-electron chi connectivity index (χ4n) is 2.52. The summed E-state index contributed by atoms with van der Waals surface area (Å²) in [6.45, 7) is 3.89. The molecule has 2 rings (SSSR count). The van der Waals surface area contributed by atoms with Gasteiger partial charge in [-0.1, -0.05) is 30.9 Å². The molecule has 0 saturated heterocycles. The first-order valence-corrected chi connectivity index (χ1v) is 9.31. The molecule has 0 aliphatic rings. The number of amides is 2. The Kier molecular flexibility index (Phi) is 8.37. The molecule has 2 amide bonds. The zero-order valence-corrected chi connectivity index (χ0v) is 16.6. The normalized spacial score (nSPS) is 11.3. The molecule has 0 heterocycles. The topological polar surface area (TPSA) is 108 Å². The van der Waals surface area contributed by atoms with Gasteiger partial charge in [0.15, 0.2) is 0 Å². The predicted molar refractivity (Wildman–Crippen MR) is 111 cm³/mol. The first kappa shape index (κ1) is 22.1.